The number of rotatable bonds is 14. The fourth-order valence-electron chi connectivity index (χ4n) is 3.21. The first-order chi connectivity index (χ1) is 15.4. The molecule has 5 amide bonds. The Hall–Kier alpha value is -3.26. The lowest BCUT2D eigenvalue weighted by Crippen LogP contribution is -2.58. The van der Waals surface area contributed by atoms with Gasteiger partial charge in [-0.2, -0.15) is 0 Å². The van der Waals surface area contributed by atoms with Crippen molar-refractivity contribution in [1.29, 1.82) is 0 Å². The Kier molecular flexibility index (Phi) is 11.2. The van der Waals surface area contributed by atoms with Crippen LogP contribution in [0.5, 0.6) is 0 Å². The van der Waals surface area contributed by atoms with Crippen molar-refractivity contribution in [2.24, 2.45) is 11.5 Å². The molecule has 0 aliphatic carbocycles. The summed E-state index contributed by atoms with van der Waals surface area (Å²) in [6, 6.07) is -4.79. The Labute approximate surface area is 190 Å². The minimum absolute atomic E-state index is 0.144. The molecular formula is C19H32N6O8. The van der Waals surface area contributed by atoms with Crippen molar-refractivity contribution >= 4 is 35.5 Å². The summed E-state index contributed by atoms with van der Waals surface area (Å²) in [7, 11) is 0. The first-order valence-corrected chi connectivity index (χ1v) is 10.5. The first kappa shape index (κ1) is 27.8. The Morgan fingerprint density at radius 3 is 1.88 bits per heavy atom. The molecule has 1 heterocycles. The van der Waals surface area contributed by atoms with Gasteiger partial charge in [-0.05, 0) is 39.2 Å². The summed E-state index contributed by atoms with van der Waals surface area (Å²) in [6.45, 7) is 1.79. The molecule has 0 radical (unpaired) electrons. The summed E-state index contributed by atoms with van der Waals surface area (Å²) in [5.41, 5.74) is 10.3. The monoisotopic (exact) mass is 472 g/mol. The van der Waals surface area contributed by atoms with Gasteiger partial charge in [-0.1, -0.05) is 0 Å². The highest BCUT2D eigenvalue weighted by Crippen LogP contribution is 2.08. The molecule has 186 valence electrons. The van der Waals surface area contributed by atoms with Crippen molar-refractivity contribution in [3.8, 4) is 0 Å². The predicted molar refractivity (Wildman–Crippen MR) is 113 cm³/mol. The summed E-state index contributed by atoms with van der Waals surface area (Å²) in [5, 5.41) is 28.7. The molecule has 1 fully saturated rings. The molecule has 1 aliphatic rings. The summed E-state index contributed by atoms with van der Waals surface area (Å²) >= 11 is 0. The van der Waals surface area contributed by atoms with Crippen LogP contribution in [0.4, 0.5) is 0 Å². The van der Waals surface area contributed by atoms with E-state index in [0.717, 1.165) is 13.3 Å². The summed E-state index contributed by atoms with van der Waals surface area (Å²) in [6.07, 6.45) is -1.04. The van der Waals surface area contributed by atoms with Gasteiger partial charge in [-0.25, -0.2) is 4.79 Å². The normalized spacial score (nSPS) is 18.9. The fraction of sp³-hybridized carbons (Fsp3) is 0.684. The van der Waals surface area contributed by atoms with Crippen LogP contribution in [0.15, 0.2) is 0 Å². The minimum atomic E-state index is -1.66. The van der Waals surface area contributed by atoms with Crippen LogP contribution in [0.3, 0.4) is 0 Å². The molecule has 14 nitrogen and oxygen atoms in total. The van der Waals surface area contributed by atoms with Crippen LogP contribution in [0.1, 0.15) is 45.4 Å². The maximum atomic E-state index is 12.9. The molecule has 0 spiro atoms. The van der Waals surface area contributed by atoms with Crippen molar-refractivity contribution in [2.75, 3.05) is 6.54 Å². The van der Waals surface area contributed by atoms with Gasteiger partial charge in [-0.3, -0.25) is 24.0 Å². The topological polar surface area (TPSA) is 243 Å². The van der Waals surface area contributed by atoms with Crippen LogP contribution >= 0.6 is 0 Å². The van der Waals surface area contributed by atoms with E-state index in [4.69, 9.17) is 16.6 Å². The number of hydrogen-bond donors (Lipinski definition) is 8. The van der Waals surface area contributed by atoms with Crippen molar-refractivity contribution in [3.05, 3.63) is 0 Å². The number of carboxylic acids is 1. The number of aliphatic carboxylic acids is 1. The molecule has 1 rings (SSSR count). The van der Waals surface area contributed by atoms with Crippen LogP contribution < -0.4 is 32.7 Å². The summed E-state index contributed by atoms with van der Waals surface area (Å²) in [5.74, 6) is -5.25. The lowest BCUT2D eigenvalue weighted by atomic mass is 10.1. The van der Waals surface area contributed by atoms with Crippen molar-refractivity contribution in [2.45, 2.75) is 75.7 Å². The quantitative estimate of drug-likeness (QED) is 0.123. The van der Waals surface area contributed by atoms with Crippen LogP contribution in [-0.4, -0.2) is 82.5 Å². The zero-order valence-corrected chi connectivity index (χ0v) is 18.3. The number of aliphatic hydroxyl groups excluding tert-OH is 1. The maximum absolute atomic E-state index is 12.9. The molecule has 0 aromatic rings. The highest BCUT2D eigenvalue weighted by Gasteiger charge is 2.32. The van der Waals surface area contributed by atoms with Gasteiger partial charge >= 0.3 is 5.97 Å². The van der Waals surface area contributed by atoms with E-state index >= 15 is 0 Å². The van der Waals surface area contributed by atoms with E-state index in [1.165, 1.54) is 0 Å². The smallest absolute Gasteiger partial charge is 0.328 e. The van der Waals surface area contributed by atoms with Crippen molar-refractivity contribution < 1.29 is 39.0 Å². The van der Waals surface area contributed by atoms with E-state index in [-0.39, 0.29) is 25.7 Å². The number of carboxylic acid groups (broad SMARTS) is 1. The van der Waals surface area contributed by atoms with E-state index in [2.05, 4.69) is 21.3 Å². The highest BCUT2D eigenvalue weighted by molar-refractivity contribution is 5.94. The zero-order chi connectivity index (χ0) is 25.1. The van der Waals surface area contributed by atoms with E-state index in [9.17, 15) is 33.9 Å². The standard InChI is InChI=1S/C19H32N6O8/c1-9(26)15(19(32)33)25-18(31)12(5-7-14(21)28)24-17(30)11(4-6-13(20)27)23-16(29)10-3-2-8-22-10/h9-12,15,22,26H,2-8H2,1H3,(H2,20,27)(H2,21,28)(H,23,29)(H,24,30)(H,25,31)(H,32,33). The lowest BCUT2D eigenvalue weighted by molar-refractivity contribution is -0.145. The fourth-order valence-corrected chi connectivity index (χ4v) is 3.21. The number of carbonyl (C=O) groups is 6. The molecule has 1 aliphatic heterocycles. The van der Waals surface area contributed by atoms with E-state index < -0.39 is 65.8 Å². The van der Waals surface area contributed by atoms with Crippen molar-refractivity contribution in [1.82, 2.24) is 21.3 Å². The highest BCUT2D eigenvalue weighted by atomic mass is 16.4. The third kappa shape index (κ3) is 9.82. The predicted octanol–water partition coefficient (Wildman–Crippen LogP) is -3.81. The second kappa shape index (κ2) is 13.3. The van der Waals surface area contributed by atoms with Crippen LogP contribution in [0, 0.1) is 0 Å². The Balaban J connectivity index is 2.97. The first-order valence-electron chi connectivity index (χ1n) is 10.5. The molecule has 14 heteroatoms. The molecule has 33 heavy (non-hydrogen) atoms. The Morgan fingerprint density at radius 2 is 1.45 bits per heavy atom. The zero-order valence-electron chi connectivity index (χ0n) is 18.3. The lowest BCUT2D eigenvalue weighted by Gasteiger charge is -2.25. The number of hydrogen-bond acceptors (Lipinski definition) is 8. The van der Waals surface area contributed by atoms with Gasteiger partial charge in [0.05, 0.1) is 12.1 Å². The summed E-state index contributed by atoms with van der Waals surface area (Å²) < 4.78 is 0. The van der Waals surface area contributed by atoms with Gasteiger partial charge in [0.15, 0.2) is 6.04 Å². The molecular weight excluding hydrogens is 440 g/mol. The van der Waals surface area contributed by atoms with Crippen LogP contribution in [0.25, 0.3) is 0 Å². The molecule has 0 aromatic carbocycles. The molecule has 10 N–H and O–H groups in total. The molecule has 5 atom stereocenters. The SMILES string of the molecule is CC(O)C(NC(=O)C(CCC(N)=O)NC(=O)C(CCC(N)=O)NC(=O)C1CCCN1)C(=O)O. The van der Waals surface area contributed by atoms with Gasteiger partial charge < -0.3 is 42.9 Å². The Bertz CT molecular complexity index is 753. The number of carbonyl (C=O) groups excluding carboxylic acids is 5. The van der Waals surface area contributed by atoms with Crippen molar-refractivity contribution in [3.63, 3.8) is 0 Å². The van der Waals surface area contributed by atoms with Gasteiger partial charge in [0.25, 0.3) is 0 Å². The average Bonchev–Trinajstić information content (AvgIpc) is 3.26. The molecule has 5 unspecified atom stereocenters. The second-order valence-corrected chi connectivity index (χ2v) is 7.85. The third-order valence-electron chi connectivity index (χ3n) is 5.05. The largest absolute Gasteiger partial charge is 0.480 e. The second-order valence-electron chi connectivity index (χ2n) is 7.85. The van der Waals surface area contributed by atoms with Gasteiger partial charge in [0, 0.05) is 12.8 Å². The molecule has 0 bridgehead atoms. The van der Waals surface area contributed by atoms with Crippen LogP contribution in [-0.2, 0) is 28.8 Å². The van der Waals surface area contributed by atoms with Gasteiger partial charge in [0.2, 0.25) is 29.5 Å². The van der Waals surface area contributed by atoms with Gasteiger partial charge in [0.1, 0.15) is 12.1 Å². The number of aliphatic hydroxyl groups is 1. The summed E-state index contributed by atoms with van der Waals surface area (Å²) in [4.78, 5) is 71.5. The van der Waals surface area contributed by atoms with E-state index in [1.807, 2.05) is 0 Å². The van der Waals surface area contributed by atoms with E-state index in [0.29, 0.717) is 13.0 Å². The van der Waals surface area contributed by atoms with Gasteiger partial charge in [-0.15, -0.1) is 0 Å². The van der Waals surface area contributed by atoms with Crippen LogP contribution in [0.2, 0.25) is 0 Å². The number of amides is 5. The molecule has 0 saturated carbocycles. The third-order valence-corrected chi connectivity index (χ3v) is 5.05. The molecule has 1 saturated heterocycles. The minimum Gasteiger partial charge on any atom is -0.480 e. The maximum Gasteiger partial charge on any atom is 0.328 e. The average molecular weight is 472 g/mol. The number of nitrogens with two attached hydrogens (primary N) is 2. The number of nitrogens with one attached hydrogen (secondary N) is 4. The molecule has 0 aromatic heterocycles. The van der Waals surface area contributed by atoms with E-state index in [1.54, 1.807) is 0 Å². The number of primary amides is 2. The Morgan fingerprint density at radius 1 is 0.939 bits per heavy atom.